The van der Waals surface area contributed by atoms with Gasteiger partial charge in [-0.1, -0.05) is 24.8 Å². The number of hydrogen-bond donors (Lipinski definition) is 6. The summed E-state index contributed by atoms with van der Waals surface area (Å²) in [7, 11) is 0. The molecule has 3 aliphatic carbocycles. The van der Waals surface area contributed by atoms with Crippen LogP contribution in [0.3, 0.4) is 0 Å². The Morgan fingerprint density at radius 3 is 2.56 bits per heavy atom. The summed E-state index contributed by atoms with van der Waals surface area (Å²) in [6.45, 7) is 1.86. The molecule has 0 saturated heterocycles. The maximum atomic E-state index is 13.6. The molecule has 2 aromatic rings. The number of rotatable bonds is 9. The van der Waals surface area contributed by atoms with E-state index in [1.165, 1.54) is 17.8 Å². The molecule has 1 heterocycles. The molecule has 1 aromatic carbocycles. The van der Waals surface area contributed by atoms with Gasteiger partial charge in [-0.15, -0.1) is 0 Å². The van der Waals surface area contributed by atoms with Crippen molar-refractivity contribution < 1.29 is 24.1 Å². The van der Waals surface area contributed by atoms with E-state index in [-0.39, 0.29) is 30.2 Å². The molecule has 7 atom stereocenters. The molecule has 1 aromatic heterocycles. The fourth-order valence-corrected chi connectivity index (χ4v) is 5.84. The molecule has 0 amide bonds. The van der Waals surface area contributed by atoms with Crippen molar-refractivity contribution in [2.24, 2.45) is 11.3 Å². The fraction of sp³-hybridized carbons (Fsp3) is 0.565. The molecule has 5 rings (SSSR count). The molecule has 3 fully saturated rings. The van der Waals surface area contributed by atoms with Crippen molar-refractivity contribution in [3.63, 3.8) is 0 Å². The monoisotopic (exact) mass is 493 g/mol. The van der Waals surface area contributed by atoms with Crippen LogP contribution in [-0.2, 0) is 0 Å². The largest absolute Gasteiger partial charge is 0.396 e. The van der Waals surface area contributed by atoms with E-state index in [1.54, 1.807) is 6.07 Å². The van der Waals surface area contributed by atoms with Gasteiger partial charge in [-0.2, -0.15) is 0 Å². The summed E-state index contributed by atoms with van der Waals surface area (Å²) < 4.78 is 26.9. The van der Waals surface area contributed by atoms with Gasteiger partial charge in [0.05, 0.1) is 18.8 Å². The summed E-state index contributed by atoms with van der Waals surface area (Å²) in [6, 6.07) is 3.40. The number of nitrogens with two attached hydrogens (primary N) is 1. The van der Waals surface area contributed by atoms with Crippen molar-refractivity contribution in [3.8, 4) is 0 Å². The maximum Gasteiger partial charge on any atom is 0.191 e. The zero-order valence-corrected chi connectivity index (χ0v) is 19.5. The number of fused-ring (bicyclic) bond motifs is 1. The molecule has 11 heteroatoms. The smallest absolute Gasteiger partial charge is 0.191 e. The standard InChI is InChI=1S/C23H29F2N5O3S/c1-2-5-34-22-29-20(27-15-7-11(15)10-3-4-13(24)14(25)6-10)16(26)21(30-22)28-17-12-8-23(12,9-31)19(33)18(17)32/h3-4,6,11-12,15,17-19,31-33H,2,5,7-9,26H2,1H3,(H2,27,28,29,30). The fourth-order valence-electron chi connectivity index (χ4n) is 5.14. The SMILES string of the molecule is CCCSc1nc(NC2CC2c2ccc(F)c(F)c2)c(N)c(NC2C(O)C(O)C3(CO)CC23)n1. The van der Waals surface area contributed by atoms with E-state index in [4.69, 9.17) is 5.73 Å². The van der Waals surface area contributed by atoms with Gasteiger partial charge in [-0.05, 0) is 42.9 Å². The summed E-state index contributed by atoms with van der Waals surface area (Å²) in [5.74, 6) is -0.211. The van der Waals surface area contributed by atoms with Crippen LogP contribution in [0.1, 0.15) is 37.7 Å². The molecular formula is C23H29F2N5O3S. The second-order valence-corrected chi connectivity index (χ2v) is 10.6. The molecule has 3 aliphatic rings. The lowest BCUT2D eigenvalue weighted by Crippen LogP contribution is -2.40. The molecule has 34 heavy (non-hydrogen) atoms. The molecule has 3 saturated carbocycles. The highest BCUT2D eigenvalue weighted by atomic mass is 32.2. The van der Waals surface area contributed by atoms with Crippen LogP contribution in [-0.4, -0.2) is 61.9 Å². The van der Waals surface area contributed by atoms with Gasteiger partial charge < -0.3 is 31.7 Å². The number of nitrogens with one attached hydrogen (secondary N) is 2. The first-order valence-electron chi connectivity index (χ1n) is 11.5. The van der Waals surface area contributed by atoms with E-state index in [0.29, 0.717) is 28.8 Å². The minimum atomic E-state index is -1.05. The lowest BCUT2D eigenvalue weighted by Gasteiger charge is -2.24. The molecule has 184 valence electrons. The molecule has 7 unspecified atom stereocenters. The number of aliphatic hydroxyl groups excluding tert-OH is 3. The quantitative estimate of drug-likeness (QED) is 0.230. The molecule has 0 spiro atoms. The molecule has 7 N–H and O–H groups in total. The Labute approximate surface area is 200 Å². The zero-order valence-electron chi connectivity index (χ0n) is 18.7. The Morgan fingerprint density at radius 1 is 1.18 bits per heavy atom. The number of benzene rings is 1. The summed E-state index contributed by atoms with van der Waals surface area (Å²) in [6.07, 6.45) is 0.204. The highest BCUT2D eigenvalue weighted by molar-refractivity contribution is 7.99. The van der Waals surface area contributed by atoms with E-state index in [2.05, 4.69) is 27.5 Å². The van der Waals surface area contributed by atoms with Crippen molar-refractivity contribution >= 4 is 29.1 Å². The molecule has 0 radical (unpaired) electrons. The van der Waals surface area contributed by atoms with E-state index < -0.39 is 35.3 Å². The van der Waals surface area contributed by atoms with E-state index >= 15 is 0 Å². The van der Waals surface area contributed by atoms with E-state index in [9.17, 15) is 24.1 Å². The Hall–Kier alpha value is -2.21. The predicted octanol–water partition coefficient (Wildman–Crippen LogP) is 2.32. The number of hydrogen-bond acceptors (Lipinski definition) is 9. The third-order valence-corrected chi connectivity index (χ3v) is 8.39. The number of thioether (sulfide) groups is 1. The highest BCUT2D eigenvalue weighted by Crippen LogP contribution is 2.63. The van der Waals surface area contributed by atoms with Crippen molar-refractivity contribution in [1.82, 2.24) is 9.97 Å². The zero-order chi connectivity index (χ0) is 24.2. The topological polar surface area (TPSA) is 137 Å². The Kier molecular flexibility index (Phi) is 6.07. The van der Waals surface area contributed by atoms with Gasteiger partial charge in [-0.25, -0.2) is 18.7 Å². The third kappa shape index (κ3) is 3.98. The van der Waals surface area contributed by atoms with Crippen molar-refractivity contribution in [1.29, 1.82) is 0 Å². The number of nitrogens with zero attached hydrogens (tertiary/aromatic N) is 2. The molecule has 0 bridgehead atoms. The second kappa shape index (κ2) is 8.78. The van der Waals surface area contributed by atoms with Gasteiger partial charge in [0.25, 0.3) is 0 Å². The van der Waals surface area contributed by atoms with Gasteiger partial charge in [0.15, 0.2) is 28.4 Å². The van der Waals surface area contributed by atoms with Crippen molar-refractivity contribution in [2.75, 3.05) is 28.7 Å². The van der Waals surface area contributed by atoms with Gasteiger partial charge >= 0.3 is 0 Å². The number of anilines is 3. The Morgan fingerprint density at radius 2 is 1.91 bits per heavy atom. The van der Waals surface area contributed by atoms with Crippen LogP contribution in [0.15, 0.2) is 23.4 Å². The van der Waals surface area contributed by atoms with Crippen LogP contribution in [0.2, 0.25) is 0 Å². The number of halogens is 2. The first-order valence-corrected chi connectivity index (χ1v) is 12.5. The van der Waals surface area contributed by atoms with Crippen LogP contribution in [0.25, 0.3) is 0 Å². The van der Waals surface area contributed by atoms with Gasteiger partial charge in [0, 0.05) is 23.1 Å². The Bertz CT molecular complexity index is 1090. The van der Waals surface area contributed by atoms with Crippen molar-refractivity contribution in [2.45, 2.75) is 61.6 Å². The van der Waals surface area contributed by atoms with Gasteiger partial charge in [-0.3, -0.25) is 0 Å². The van der Waals surface area contributed by atoms with Crippen LogP contribution in [0, 0.1) is 23.0 Å². The van der Waals surface area contributed by atoms with E-state index in [0.717, 1.165) is 24.7 Å². The first-order chi connectivity index (χ1) is 16.3. The number of nitrogen functional groups attached to an aromatic ring is 1. The second-order valence-electron chi connectivity index (χ2n) is 9.54. The van der Waals surface area contributed by atoms with Gasteiger partial charge in [0.1, 0.15) is 11.8 Å². The first kappa shape index (κ1) is 23.5. The lowest BCUT2D eigenvalue weighted by atomic mass is 10.0. The minimum absolute atomic E-state index is 0.0102. The highest BCUT2D eigenvalue weighted by Gasteiger charge is 2.70. The molecule has 0 aliphatic heterocycles. The number of aromatic nitrogens is 2. The summed E-state index contributed by atoms with van der Waals surface area (Å²) in [5.41, 5.74) is 6.72. The Balaban J connectivity index is 1.36. The van der Waals surface area contributed by atoms with Crippen LogP contribution >= 0.6 is 11.8 Å². The number of aliphatic hydroxyl groups is 3. The maximum absolute atomic E-state index is 13.6. The molecular weight excluding hydrogens is 464 g/mol. The van der Waals surface area contributed by atoms with E-state index in [1.807, 2.05) is 0 Å². The van der Waals surface area contributed by atoms with Gasteiger partial charge in [0.2, 0.25) is 0 Å². The minimum Gasteiger partial charge on any atom is -0.396 e. The van der Waals surface area contributed by atoms with Crippen molar-refractivity contribution in [3.05, 3.63) is 35.4 Å². The van der Waals surface area contributed by atoms with Crippen LogP contribution in [0.5, 0.6) is 0 Å². The third-order valence-electron chi connectivity index (χ3n) is 7.33. The average Bonchev–Trinajstić information content (AvgIpc) is 3.73. The van der Waals surface area contributed by atoms with Crippen LogP contribution < -0.4 is 16.4 Å². The summed E-state index contributed by atoms with van der Waals surface area (Å²) >= 11 is 1.48. The summed E-state index contributed by atoms with van der Waals surface area (Å²) in [4.78, 5) is 9.12. The predicted molar refractivity (Wildman–Crippen MR) is 126 cm³/mol. The van der Waals surface area contributed by atoms with Crippen LogP contribution in [0.4, 0.5) is 26.1 Å². The summed E-state index contributed by atoms with van der Waals surface area (Å²) in [5, 5.41) is 37.7. The average molecular weight is 494 g/mol. The normalized spacial score (nSPS) is 33.5. The molecule has 8 nitrogen and oxygen atoms in total. The lowest BCUT2D eigenvalue weighted by molar-refractivity contribution is -0.0210.